The minimum atomic E-state index is -0.710. The van der Waals surface area contributed by atoms with E-state index in [1.165, 1.54) is 31.4 Å². The number of imide groups is 1. The summed E-state index contributed by atoms with van der Waals surface area (Å²) in [6.45, 7) is -0.555. The number of carbonyl (C=O) groups excluding carboxylic acids is 3. The van der Waals surface area contributed by atoms with Crippen molar-refractivity contribution >= 4 is 40.6 Å². The molecule has 9 heteroatoms. The molecular weight excluding hydrogens is 387 g/mol. The van der Waals surface area contributed by atoms with Crippen molar-refractivity contribution < 1.29 is 28.6 Å². The molecule has 0 aliphatic carbocycles. The van der Waals surface area contributed by atoms with E-state index in [0.29, 0.717) is 17.3 Å². The van der Waals surface area contributed by atoms with Crippen molar-refractivity contribution in [2.45, 2.75) is 0 Å². The van der Waals surface area contributed by atoms with Crippen LogP contribution in [0.2, 0.25) is 0 Å². The fourth-order valence-corrected chi connectivity index (χ4v) is 3.32. The number of nitrogens with zero attached hydrogens (tertiary/aromatic N) is 1. The summed E-state index contributed by atoms with van der Waals surface area (Å²) >= 11 is 0.643. The summed E-state index contributed by atoms with van der Waals surface area (Å²) in [5, 5.41) is 11.8. The lowest BCUT2D eigenvalue weighted by atomic mass is 10.1. The zero-order chi connectivity index (χ0) is 20.3. The number of para-hydroxylation sites is 2. The summed E-state index contributed by atoms with van der Waals surface area (Å²) in [5.74, 6) is -1.97. The third kappa shape index (κ3) is 3.99. The van der Waals surface area contributed by atoms with Gasteiger partial charge >= 0.3 is 0 Å². The molecule has 0 atom stereocenters. The number of anilines is 1. The Balaban J connectivity index is 1.75. The second-order valence-corrected chi connectivity index (χ2v) is 6.69. The first-order valence-electron chi connectivity index (χ1n) is 8.06. The predicted molar refractivity (Wildman–Crippen MR) is 102 cm³/mol. The number of halogens is 1. The molecule has 1 fully saturated rings. The number of thioether (sulfide) groups is 1. The average molecular weight is 402 g/mol. The molecule has 2 aromatic rings. The summed E-state index contributed by atoms with van der Waals surface area (Å²) in [6, 6.07) is 10.3. The lowest BCUT2D eigenvalue weighted by Gasteiger charge is -2.12. The minimum absolute atomic E-state index is 0.0451. The number of phenolic OH excluding ortho intramolecular Hbond substituents is 1. The van der Waals surface area contributed by atoms with Gasteiger partial charge in [0.25, 0.3) is 11.1 Å². The Morgan fingerprint density at radius 2 is 2.00 bits per heavy atom. The number of hydrogen-bond acceptors (Lipinski definition) is 6. The van der Waals surface area contributed by atoms with E-state index in [1.54, 1.807) is 24.3 Å². The molecule has 3 amide bonds. The molecule has 2 aromatic carbocycles. The van der Waals surface area contributed by atoms with E-state index in [2.05, 4.69) is 5.32 Å². The maximum absolute atomic E-state index is 13.6. The number of amides is 3. The smallest absolute Gasteiger partial charge is 0.294 e. The number of nitrogens with one attached hydrogen (secondary N) is 1. The van der Waals surface area contributed by atoms with E-state index in [0.717, 1.165) is 4.90 Å². The molecule has 0 bridgehead atoms. The van der Waals surface area contributed by atoms with Crippen LogP contribution >= 0.6 is 11.8 Å². The first kappa shape index (κ1) is 19.4. The molecule has 1 aliphatic heterocycles. The first-order chi connectivity index (χ1) is 13.4. The lowest BCUT2D eigenvalue weighted by molar-refractivity contribution is -0.127. The number of carbonyl (C=O) groups is 3. The van der Waals surface area contributed by atoms with E-state index in [1.807, 2.05) is 0 Å². The molecule has 0 spiro atoms. The largest absolute Gasteiger partial charge is 0.504 e. The van der Waals surface area contributed by atoms with Gasteiger partial charge in [-0.2, -0.15) is 0 Å². The molecule has 3 rings (SSSR count). The quantitative estimate of drug-likeness (QED) is 0.746. The summed E-state index contributed by atoms with van der Waals surface area (Å²) < 4.78 is 18.6. The topological polar surface area (TPSA) is 95.9 Å². The molecule has 0 unspecified atom stereocenters. The molecule has 2 N–H and O–H groups in total. The van der Waals surface area contributed by atoms with Crippen molar-refractivity contribution in [3.63, 3.8) is 0 Å². The van der Waals surface area contributed by atoms with Gasteiger partial charge in [-0.25, -0.2) is 4.39 Å². The molecule has 0 saturated carbocycles. The molecule has 1 aliphatic rings. The zero-order valence-electron chi connectivity index (χ0n) is 14.6. The Morgan fingerprint density at radius 1 is 1.25 bits per heavy atom. The lowest BCUT2D eigenvalue weighted by Crippen LogP contribution is -2.36. The fraction of sp³-hybridized carbons (Fsp3) is 0.105. The summed E-state index contributed by atoms with van der Waals surface area (Å²) in [4.78, 5) is 37.5. The third-order valence-corrected chi connectivity index (χ3v) is 4.77. The van der Waals surface area contributed by atoms with Crippen molar-refractivity contribution in [3.8, 4) is 11.5 Å². The maximum atomic E-state index is 13.6. The van der Waals surface area contributed by atoms with Crippen LogP contribution in [0.5, 0.6) is 11.5 Å². The number of benzene rings is 2. The SMILES string of the molecule is COc1cccc(C=C2SC(=O)N(CC(=O)Nc3ccccc3F)C2=O)c1O. The van der Waals surface area contributed by atoms with Crippen molar-refractivity contribution in [1.29, 1.82) is 0 Å². The van der Waals surface area contributed by atoms with Crippen molar-refractivity contribution in [2.24, 2.45) is 0 Å². The number of hydrogen-bond donors (Lipinski definition) is 2. The third-order valence-electron chi connectivity index (χ3n) is 3.86. The number of aromatic hydroxyl groups is 1. The van der Waals surface area contributed by atoms with Gasteiger partial charge in [0.1, 0.15) is 12.4 Å². The molecule has 1 heterocycles. The number of rotatable bonds is 5. The molecule has 144 valence electrons. The number of ether oxygens (including phenoxy) is 1. The molecule has 7 nitrogen and oxygen atoms in total. The van der Waals surface area contributed by atoms with Crippen LogP contribution in [0.25, 0.3) is 6.08 Å². The average Bonchev–Trinajstić information content (AvgIpc) is 2.93. The minimum Gasteiger partial charge on any atom is -0.504 e. The van der Waals surface area contributed by atoms with Gasteiger partial charge in [0.15, 0.2) is 11.5 Å². The Bertz CT molecular complexity index is 992. The van der Waals surface area contributed by atoms with Crippen LogP contribution in [0.4, 0.5) is 14.9 Å². The second-order valence-electron chi connectivity index (χ2n) is 5.69. The maximum Gasteiger partial charge on any atom is 0.294 e. The standard InChI is InChI=1S/C19H15FN2O5S/c1-27-14-8-4-5-11(17(14)24)9-15-18(25)22(19(26)28-15)10-16(23)21-13-7-3-2-6-12(13)20/h2-9,24H,10H2,1H3,(H,21,23). The van der Waals surface area contributed by atoms with Crippen LogP contribution in [0.3, 0.4) is 0 Å². The van der Waals surface area contributed by atoms with Gasteiger partial charge in [-0.3, -0.25) is 19.3 Å². The zero-order valence-corrected chi connectivity index (χ0v) is 15.5. The van der Waals surface area contributed by atoms with Crippen molar-refractivity contribution in [1.82, 2.24) is 4.90 Å². The van der Waals surface area contributed by atoms with Crippen LogP contribution in [0.15, 0.2) is 47.4 Å². The van der Waals surface area contributed by atoms with Crippen LogP contribution < -0.4 is 10.1 Å². The highest BCUT2D eigenvalue weighted by Crippen LogP contribution is 2.36. The molecule has 0 aromatic heterocycles. The van der Waals surface area contributed by atoms with E-state index < -0.39 is 29.4 Å². The van der Waals surface area contributed by atoms with Gasteiger partial charge in [-0.1, -0.05) is 24.3 Å². The van der Waals surface area contributed by atoms with Crippen molar-refractivity contribution in [3.05, 3.63) is 58.8 Å². The van der Waals surface area contributed by atoms with Gasteiger partial charge in [0.05, 0.1) is 17.7 Å². The number of phenols is 1. The van der Waals surface area contributed by atoms with Gasteiger partial charge in [0, 0.05) is 5.56 Å². The van der Waals surface area contributed by atoms with Gasteiger partial charge < -0.3 is 15.2 Å². The highest BCUT2D eigenvalue weighted by molar-refractivity contribution is 8.18. The molecular formula is C19H15FN2O5S. The molecule has 1 saturated heterocycles. The Labute approximate surface area is 163 Å². The highest BCUT2D eigenvalue weighted by Gasteiger charge is 2.36. The van der Waals surface area contributed by atoms with Crippen LogP contribution in [-0.2, 0) is 9.59 Å². The number of methoxy groups -OCH3 is 1. The van der Waals surface area contributed by atoms with E-state index in [9.17, 15) is 23.9 Å². The summed E-state index contributed by atoms with van der Waals surface area (Å²) in [7, 11) is 1.39. The Morgan fingerprint density at radius 3 is 2.71 bits per heavy atom. The molecule has 28 heavy (non-hydrogen) atoms. The van der Waals surface area contributed by atoms with Crippen LogP contribution in [-0.4, -0.2) is 40.7 Å². The Kier molecular flexibility index (Phi) is 5.65. The van der Waals surface area contributed by atoms with E-state index >= 15 is 0 Å². The predicted octanol–water partition coefficient (Wildman–Crippen LogP) is 3.21. The van der Waals surface area contributed by atoms with Crippen molar-refractivity contribution in [2.75, 3.05) is 19.0 Å². The van der Waals surface area contributed by atoms with E-state index in [-0.39, 0.29) is 22.1 Å². The molecule has 0 radical (unpaired) electrons. The van der Waals surface area contributed by atoms with Gasteiger partial charge in [0.2, 0.25) is 5.91 Å². The normalized spacial score (nSPS) is 15.2. The monoisotopic (exact) mass is 402 g/mol. The fourth-order valence-electron chi connectivity index (χ4n) is 2.49. The van der Waals surface area contributed by atoms with Crippen LogP contribution in [0.1, 0.15) is 5.56 Å². The highest BCUT2D eigenvalue weighted by atomic mass is 32.2. The second kappa shape index (κ2) is 8.13. The van der Waals surface area contributed by atoms with Gasteiger partial charge in [-0.15, -0.1) is 0 Å². The summed E-state index contributed by atoms with van der Waals surface area (Å²) in [6.07, 6.45) is 1.34. The van der Waals surface area contributed by atoms with Crippen LogP contribution in [0, 0.1) is 5.82 Å². The van der Waals surface area contributed by atoms with Gasteiger partial charge in [-0.05, 0) is 36.0 Å². The Hall–Kier alpha value is -3.33. The summed E-state index contributed by atoms with van der Waals surface area (Å²) in [5.41, 5.74) is 0.247. The first-order valence-corrected chi connectivity index (χ1v) is 8.88. The van der Waals surface area contributed by atoms with E-state index in [4.69, 9.17) is 4.74 Å².